The van der Waals surface area contributed by atoms with Crippen LogP contribution >= 0.6 is 0 Å². The third-order valence-corrected chi connectivity index (χ3v) is 7.23. The smallest absolute Gasteiger partial charge is 0.183 e. The SMILES string of the molecule is CC1CCN(c2ccc(C(=O)Cc3ccc(Nc4ccc(CC(=O)c5ccc[nH]5)cc4)c(F)c3)cc2)CC1. The van der Waals surface area contributed by atoms with Crippen molar-refractivity contribution in [2.24, 2.45) is 5.92 Å². The number of hydrogen-bond donors (Lipinski definition) is 2. The molecule has 0 bridgehead atoms. The number of benzene rings is 3. The van der Waals surface area contributed by atoms with E-state index in [1.165, 1.54) is 18.9 Å². The molecule has 0 spiro atoms. The van der Waals surface area contributed by atoms with Crippen molar-refractivity contribution >= 4 is 28.6 Å². The fraction of sp³-hybridized carbons (Fsp3) is 0.250. The van der Waals surface area contributed by atoms with Gasteiger partial charge in [0.2, 0.25) is 0 Å². The number of rotatable bonds is 9. The summed E-state index contributed by atoms with van der Waals surface area (Å²) in [7, 11) is 0. The van der Waals surface area contributed by atoms with E-state index in [1.807, 2.05) is 48.5 Å². The molecular formula is C32H32FN3O2. The summed E-state index contributed by atoms with van der Waals surface area (Å²) in [5, 5.41) is 3.08. The molecule has 0 aliphatic carbocycles. The monoisotopic (exact) mass is 509 g/mol. The zero-order chi connectivity index (χ0) is 26.5. The fourth-order valence-corrected chi connectivity index (χ4v) is 4.83. The fourth-order valence-electron chi connectivity index (χ4n) is 4.83. The number of aromatic amines is 1. The van der Waals surface area contributed by atoms with Gasteiger partial charge in [-0.25, -0.2) is 4.39 Å². The highest BCUT2D eigenvalue weighted by atomic mass is 19.1. The Balaban J connectivity index is 1.17. The molecule has 38 heavy (non-hydrogen) atoms. The number of halogens is 1. The van der Waals surface area contributed by atoms with Crippen molar-refractivity contribution in [1.82, 2.24) is 4.98 Å². The van der Waals surface area contributed by atoms with Gasteiger partial charge >= 0.3 is 0 Å². The van der Waals surface area contributed by atoms with Crippen LogP contribution in [0.3, 0.4) is 0 Å². The molecule has 5 nitrogen and oxygen atoms in total. The maximum atomic E-state index is 14.9. The molecule has 1 fully saturated rings. The molecule has 2 N–H and O–H groups in total. The van der Waals surface area contributed by atoms with Gasteiger partial charge in [0.25, 0.3) is 0 Å². The van der Waals surface area contributed by atoms with Gasteiger partial charge in [-0.05, 0) is 90.6 Å². The van der Waals surface area contributed by atoms with E-state index in [2.05, 4.69) is 22.1 Å². The lowest BCUT2D eigenvalue weighted by Gasteiger charge is -2.32. The molecule has 1 aliphatic heterocycles. The quantitative estimate of drug-likeness (QED) is 0.239. The van der Waals surface area contributed by atoms with E-state index in [1.54, 1.807) is 30.5 Å². The molecule has 0 radical (unpaired) electrons. The van der Waals surface area contributed by atoms with E-state index in [0.717, 1.165) is 30.3 Å². The molecule has 1 saturated heterocycles. The van der Waals surface area contributed by atoms with Crippen LogP contribution in [0.1, 0.15) is 51.7 Å². The van der Waals surface area contributed by atoms with Crippen molar-refractivity contribution in [1.29, 1.82) is 0 Å². The predicted molar refractivity (Wildman–Crippen MR) is 150 cm³/mol. The number of Topliss-reactive ketones (excluding diaryl/α,β-unsaturated/α-hetero) is 2. The lowest BCUT2D eigenvalue weighted by Crippen LogP contribution is -2.32. The van der Waals surface area contributed by atoms with Crippen molar-refractivity contribution in [3.05, 3.63) is 113 Å². The topological polar surface area (TPSA) is 65.2 Å². The Morgan fingerprint density at radius 2 is 1.58 bits per heavy atom. The van der Waals surface area contributed by atoms with Crippen molar-refractivity contribution in [2.75, 3.05) is 23.3 Å². The number of hydrogen-bond acceptors (Lipinski definition) is 4. The number of piperidine rings is 1. The molecule has 194 valence electrons. The summed E-state index contributed by atoms with van der Waals surface area (Å²) < 4.78 is 14.9. The van der Waals surface area contributed by atoms with Crippen LogP contribution in [0.5, 0.6) is 0 Å². The summed E-state index contributed by atoms with van der Waals surface area (Å²) in [6, 6.07) is 23.5. The molecule has 3 aromatic carbocycles. The second-order valence-electron chi connectivity index (χ2n) is 10.1. The lowest BCUT2D eigenvalue weighted by atomic mass is 9.98. The van der Waals surface area contributed by atoms with Gasteiger partial charge in [-0.2, -0.15) is 0 Å². The first-order valence-corrected chi connectivity index (χ1v) is 13.1. The minimum Gasteiger partial charge on any atom is -0.372 e. The van der Waals surface area contributed by atoms with Crippen LogP contribution in [0.25, 0.3) is 0 Å². The summed E-state index contributed by atoms with van der Waals surface area (Å²) in [6.45, 7) is 4.39. The number of anilines is 3. The number of carbonyl (C=O) groups excluding carboxylic acids is 2. The average Bonchev–Trinajstić information content (AvgIpc) is 3.47. The van der Waals surface area contributed by atoms with Crippen LogP contribution in [0.4, 0.5) is 21.5 Å². The van der Waals surface area contributed by atoms with Crippen LogP contribution in [-0.4, -0.2) is 29.6 Å². The van der Waals surface area contributed by atoms with Gasteiger partial charge in [-0.15, -0.1) is 0 Å². The van der Waals surface area contributed by atoms with E-state index in [9.17, 15) is 14.0 Å². The van der Waals surface area contributed by atoms with Gasteiger partial charge in [0.1, 0.15) is 5.82 Å². The first-order valence-electron chi connectivity index (χ1n) is 13.1. The zero-order valence-corrected chi connectivity index (χ0v) is 21.5. The minimum atomic E-state index is -0.420. The van der Waals surface area contributed by atoms with Gasteiger partial charge < -0.3 is 15.2 Å². The minimum absolute atomic E-state index is 0.0134. The van der Waals surface area contributed by atoms with Crippen LogP contribution in [-0.2, 0) is 12.8 Å². The Morgan fingerprint density at radius 3 is 2.24 bits per heavy atom. The number of ketones is 2. The Morgan fingerprint density at radius 1 is 0.895 bits per heavy atom. The van der Waals surface area contributed by atoms with Crippen LogP contribution < -0.4 is 10.2 Å². The maximum Gasteiger partial charge on any atom is 0.183 e. The molecule has 5 rings (SSSR count). The molecule has 0 unspecified atom stereocenters. The molecule has 1 aliphatic rings. The second-order valence-corrected chi connectivity index (χ2v) is 10.1. The third-order valence-electron chi connectivity index (χ3n) is 7.23. The van der Waals surface area contributed by atoms with Gasteiger partial charge in [0.15, 0.2) is 11.6 Å². The first kappa shape index (κ1) is 25.5. The number of H-pyrrole nitrogens is 1. The molecule has 0 saturated carbocycles. The summed E-state index contributed by atoms with van der Waals surface area (Å²) in [5.41, 5.74) is 4.92. The Bertz CT molecular complexity index is 1390. The van der Waals surface area contributed by atoms with E-state index >= 15 is 0 Å². The third kappa shape index (κ3) is 6.20. The highest BCUT2D eigenvalue weighted by molar-refractivity contribution is 5.98. The summed E-state index contributed by atoms with van der Waals surface area (Å²) >= 11 is 0. The number of aromatic nitrogens is 1. The zero-order valence-electron chi connectivity index (χ0n) is 21.5. The Kier molecular flexibility index (Phi) is 7.68. The van der Waals surface area contributed by atoms with Crippen molar-refractivity contribution in [2.45, 2.75) is 32.6 Å². The summed E-state index contributed by atoms with van der Waals surface area (Å²) in [5.74, 6) is 0.329. The summed E-state index contributed by atoms with van der Waals surface area (Å²) in [6.07, 6.45) is 4.54. The average molecular weight is 510 g/mol. The number of nitrogens with zero attached hydrogens (tertiary/aromatic N) is 1. The second kappa shape index (κ2) is 11.5. The molecule has 6 heteroatoms. The van der Waals surface area contributed by atoms with Crippen molar-refractivity contribution < 1.29 is 14.0 Å². The normalized spacial score (nSPS) is 13.9. The highest BCUT2D eigenvalue weighted by Gasteiger charge is 2.17. The van der Waals surface area contributed by atoms with Crippen LogP contribution in [0.15, 0.2) is 85.1 Å². The van der Waals surface area contributed by atoms with E-state index in [-0.39, 0.29) is 24.4 Å². The number of nitrogens with one attached hydrogen (secondary N) is 2. The number of carbonyl (C=O) groups is 2. The molecule has 1 aromatic heterocycles. The molecule has 4 aromatic rings. The van der Waals surface area contributed by atoms with E-state index in [0.29, 0.717) is 28.2 Å². The standard InChI is InChI=1S/C32H32FN3O2/c1-22-14-17-36(18-15-22)27-11-7-25(8-12-27)31(37)21-24-6-13-29(28(33)19-24)35-26-9-4-23(5-10-26)20-32(38)30-3-2-16-34-30/h2-13,16,19,22,34-35H,14-15,17-18,20-21H2,1H3. The molecule has 0 atom stereocenters. The first-order chi connectivity index (χ1) is 18.4. The van der Waals surface area contributed by atoms with Crippen molar-refractivity contribution in [3.63, 3.8) is 0 Å². The van der Waals surface area contributed by atoms with Gasteiger partial charge in [0.05, 0.1) is 11.4 Å². The lowest BCUT2D eigenvalue weighted by molar-refractivity contribution is 0.0982. The Labute approximate surface area is 222 Å². The van der Waals surface area contributed by atoms with E-state index in [4.69, 9.17) is 0 Å². The molecule has 2 heterocycles. The summed E-state index contributed by atoms with van der Waals surface area (Å²) in [4.78, 5) is 30.4. The van der Waals surface area contributed by atoms with Gasteiger partial charge in [0, 0.05) is 49.1 Å². The van der Waals surface area contributed by atoms with Crippen molar-refractivity contribution in [3.8, 4) is 0 Å². The Hall–Kier alpha value is -4.19. The maximum absolute atomic E-state index is 14.9. The highest BCUT2D eigenvalue weighted by Crippen LogP contribution is 2.25. The van der Waals surface area contributed by atoms with Crippen LogP contribution in [0.2, 0.25) is 0 Å². The largest absolute Gasteiger partial charge is 0.372 e. The van der Waals surface area contributed by atoms with Gasteiger partial charge in [-0.3, -0.25) is 9.59 Å². The molecule has 0 amide bonds. The predicted octanol–water partition coefficient (Wildman–Crippen LogP) is 6.98. The van der Waals surface area contributed by atoms with Crippen LogP contribution in [0, 0.1) is 11.7 Å². The van der Waals surface area contributed by atoms with Gasteiger partial charge in [-0.1, -0.05) is 25.1 Å². The molecular weight excluding hydrogens is 477 g/mol. The van der Waals surface area contributed by atoms with E-state index < -0.39 is 5.82 Å².